The van der Waals surface area contributed by atoms with E-state index in [1.165, 1.54) is 19.4 Å². The molecule has 1 aromatic carbocycles. The van der Waals surface area contributed by atoms with Gasteiger partial charge < -0.3 is 14.5 Å². The van der Waals surface area contributed by atoms with E-state index >= 15 is 0 Å². The van der Waals surface area contributed by atoms with E-state index in [4.69, 9.17) is 4.74 Å². The van der Waals surface area contributed by atoms with Crippen LogP contribution < -0.4 is 9.64 Å². The lowest BCUT2D eigenvalue weighted by molar-refractivity contribution is -0.385. The van der Waals surface area contributed by atoms with Crippen molar-refractivity contribution in [3.8, 4) is 5.75 Å². The number of likely N-dealkylation sites (tertiary alicyclic amines) is 1. The highest BCUT2D eigenvalue weighted by Gasteiger charge is 2.29. The van der Waals surface area contributed by atoms with Gasteiger partial charge in [-0.2, -0.15) is 0 Å². The molecule has 0 aromatic heterocycles. The standard InChI is InChI=1S/C20H31N3O5S/c1-28-20-15-18(3-4-19(20)23(24)25)22-12-7-17(8-13-22)21-10-5-16(6-11-21)9-14-29(2,26)27/h3-4,15-17H,5-14H2,1-2H3. The van der Waals surface area contributed by atoms with Crippen LogP contribution in [0.5, 0.6) is 5.75 Å². The van der Waals surface area contributed by atoms with Crippen LogP contribution in [0.1, 0.15) is 32.1 Å². The average Bonchev–Trinajstić information content (AvgIpc) is 2.71. The van der Waals surface area contributed by atoms with Crippen LogP contribution in [0.4, 0.5) is 11.4 Å². The summed E-state index contributed by atoms with van der Waals surface area (Å²) in [7, 11) is -1.41. The zero-order valence-electron chi connectivity index (χ0n) is 17.2. The Kier molecular flexibility index (Phi) is 7.00. The van der Waals surface area contributed by atoms with Crippen molar-refractivity contribution in [1.82, 2.24) is 4.90 Å². The van der Waals surface area contributed by atoms with Crippen molar-refractivity contribution >= 4 is 21.2 Å². The second-order valence-corrected chi connectivity index (χ2v) is 10.5. The number of ether oxygens (including phenoxy) is 1. The summed E-state index contributed by atoms with van der Waals surface area (Å²) in [4.78, 5) is 15.5. The molecule has 0 amide bonds. The lowest BCUT2D eigenvalue weighted by Crippen LogP contribution is -2.47. The second kappa shape index (κ2) is 9.30. The van der Waals surface area contributed by atoms with Crippen molar-refractivity contribution in [1.29, 1.82) is 0 Å². The van der Waals surface area contributed by atoms with Crippen LogP contribution in [0, 0.1) is 16.0 Å². The first-order chi connectivity index (χ1) is 13.8. The van der Waals surface area contributed by atoms with Gasteiger partial charge in [0.15, 0.2) is 5.75 Å². The molecule has 9 heteroatoms. The maximum atomic E-state index is 11.4. The fourth-order valence-corrected chi connectivity index (χ4v) is 5.25. The third-order valence-corrected chi connectivity index (χ3v) is 7.23. The molecule has 29 heavy (non-hydrogen) atoms. The van der Waals surface area contributed by atoms with Gasteiger partial charge in [-0.1, -0.05) is 0 Å². The molecule has 8 nitrogen and oxygen atoms in total. The summed E-state index contributed by atoms with van der Waals surface area (Å²) in [6, 6.07) is 5.63. The quantitative estimate of drug-likeness (QED) is 0.490. The highest BCUT2D eigenvalue weighted by molar-refractivity contribution is 7.90. The molecule has 3 rings (SSSR count). The van der Waals surface area contributed by atoms with Crippen molar-refractivity contribution in [2.75, 3.05) is 50.2 Å². The zero-order valence-corrected chi connectivity index (χ0v) is 18.1. The summed E-state index contributed by atoms with van der Waals surface area (Å²) in [6.45, 7) is 3.92. The van der Waals surface area contributed by atoms with E-state index < -0.39 is 14.8 Å². The van der Waals surface area contributed by atoms with Crippen LogP contribution >= 0.6 is 0 Å². The first-order valence-corrected chi connectivity index (χ1v) is 12.3. The van der Waals surface area contributed by atoms with Crippen LogP contribution in [0.2, 0.25) is 0 Å². The van der Waals surface area contributed by atoms with Crippen LogP contribution in [0.25, 0.3) is 0 Å². The number of anilines is 1. The minimum absolute atomic E-state index is 0.00937. The maximum absolute atomic E-state index is 11.4. The summed E-state index contributed by atoms with van der Waals surface area (Å²) in [6.07, 6.45) is 6.38. The number of nitrogens with zero attached hydrogens (tertiary/aromatic N) is 3. The Morgan fingerprint density at radius 3 is 2.34 bits per heavy atom. The van der Waals surface area contributed by atoms with Crippen LogP contribution in [0.15, 0.2) is 18.2 Å². The third-order valence-electron chi connectivity index (χ3n) is 6.25. The first-order valence-electron chi connectivity index (χ1n) is 10.3. The molecule has 2 fully saturated rings. The van der Waals surface area contributed by atoms with E-state index in [-0.39, 0.29) is 5.69 Å². The summed E-state index contributed by atoms with van der Waals surface area (Å²) in [5, 5.41) is 11.1. The molecule has 2 saturated heterocycles. The molecule has 2 aliphatic heterocycles. The number of methoxy groups -OCH3 is 1. The fraction of sp³-hybridized carbons (Fsp3) is 0.700. The highest BCUT2D eigenvalue weighted by Crippen LogP contribution is 2.33. The summed E-state index contributed by atoms with van der Waals surface area (Å²) in [5.41, 5.74) is 0.954. The lowest BCUT2D eigenvalue weighted by Gasteiger charge is -2.42. The van der Waals surface area contributed by atoms with Crippen LogP contribution in [-0.4, -0.2) is 69.6 Å². The Bertz CT molecular complexity index is 813. The average molecular weight is 426 g/mol. The summed E-state index contributed by atoms with van der Waals surface area (Å²) < 4.78 is 27.9. The molecule has 0 atom stereocenters. The SMILES string of the molecule is COc1cc(N2CCC(N3CCC(CCS(C)(=O)=O)CC3)CC2)ccc1[N+](=O)[O-]. The lowest BCUT2D eigenvalue weighted by atomic mass is 9.91. The van der Waals surface area contributed by atoms with Crippen molar-refractivity contribution in [2.45, 2.75) is 38.1 Å². The molecule has 0 spiro atoms. The Labute approximate surface area is 172 Å². The van der Waals surface area contributed by atoms with E-state index in [9.17, 15) is 18.5 Å². The Hall–Kier alpha value is -1.87. The number of nitro groups is 1. The van der Waals surface area contributed by atoms with E-state index in [2.05, 4.69) is 9.80 Å². The van der Waals surface area contributed by atoms with Crippen molar-refractivity contribution < 1.29 is 18.1 Å². The third kappa shape index (κ3) is 5.82. The van der Waals surface area contributed by atoms with Gasteiger partial charge in [0, 0.05) is 43.2 Å². The molecule has 0 radical (unpaired) electrons. The van der Waals surface area contributed by atoms with Crippen molar-refractivity contribution in [3.05, 3.63) is 28.3 Å². The van der Waals surface area contributed by atoms with Gasteiger partial charge in [0.25, 0.3) is 0 Å². The smallest absolute Gasteiger partial charge is 0.311 e. The second-order valence-electron chi connectivity index (χ2n) is 8.23. The van der Waals surface area contributed by atoms with E-state index in [1.807, 2.05) is 0 Å². The summed E-state index contributed by atoms with van der Waals surface area (Å²) in [5.74, 6) is 1.12. The maximum Gasteiger partial charge on any atom is 0.311 e. The van der Waals surface area contributed by atoms with E-state index in [0.29, 0.717) is 23.5 Å². The predicted molar refractivity (Wildman–Crippen MR) is 114 cm³/mol. The number of nitro benzene ring substituents is 1. The van der Waals surface area contributed by atoms with Crippen molar-refractivity contribution in [2.24, 2.45) is 5.92 Å². The van der Waals surface area contributed by atoms with E-state index in [1.54, 1.807) is 12.1 Å². The number of hydrogen-bond acceptors (Lipinski definition) is 7. The highest BCUT2D eigenvalue weighted by atomic mass is 32.2. The van der Waals surface area contributed by atoms with Gasteiger partial charge in [0.05, 0.1) is 17.8 Å². The van der Waals surface area contributed by atoms with Crippen LogP contribution in [-0.2, 0) is 9.84 Å². The number of benzene rings is 1. The van der Waals surface area contributed by atoms with Gasteiger partial charge in [-0.05, 0) is 57.2 Å². The molecule has 0 bridgehead atoms. The zero-order chi connectivity index (χ0) is 21.0. The monoisotopic (exact) mass is 425 g/mol. The molecule has 0 saturated carbocycles. The molecule has 0 aliphatic carbocycles. The van der Waals surface area contributed by atoms with Gasteiger partial charge >= 0.3 is 5.69 Å². The fourth-order valence-electron chi connectivity index (χ4n) is 4.49. The van der Waals surface area contributed by atoms with Gasteiger partial charge in [0.1, 0.15) is 9.84 Å². The largest absolute Gasteiger partial charge is 0.490 e. The number of piperidine rings is 2. The Balaban J connectivity index is 1.49. The molecule has 0 N–H and O–H groups in total. The molecular weight excluding hydrogens is 394 g/mol. The molecule has 0 unspecified atom stereocenters. The van der Waals surface area contributed by atoms with Gasteiger partial charge in [-0.15, -0.1) is 0 Å². The minimum Gasteiger partial charge on any atom is -0.490 e. The Morgan fingerprint density at radius 1 is 1.14 bits per heavy atom. The minimum atomic E-state index is -2.87. The number of sulfone groups is 1. The molecule has 2 aliphatic rings. The number of hydrogen-bond donors (Lipinski definition) is 0. The predicted octanol–water partition coefficient (Wildman–Crippen LogP) is 2.72. The van der Waals surface area contributed by atoms with E-state index in [0.717, 1.165) is 64.0 Å². The van der Waals surface area contributed by atoms with Gasteiger partial charge in [0.2, 0.25) is 0 Å². The van der Waals surface area contributed by atoms with Gasteiger partial charge in [-0.25, -0.2) is 8.42 Å². The van der Waals surface area contributed by atoms with Gasteiger partial charge in [-0.3, -0.25) is 10.1 Å². The Morgan fingerprint density at radius 2 is 1.79 bits per heavy atom. The molecule has 162 valence electrons. The first kappa shape index (κ1) is 21.8. The molecular formula is C20H31N3O5S. The van der Waals surface area contributed by atoms with Crippen molar-refractivity contribution in [3.63, 3.8) is 0 Å². The van der Waals surface area contributed by atoms with Crippen LogP contribution in [0.3, 0.4) is 0 Å². The summed E-state index contributed by atoms with van der Waals surface area (Å²) >= 11 is 0. The molecule has 1 aromatic rings. The topological polar surface area (TPSA) is 93.0 Å². The molecule has 2 heterocycles. The normalized spacial score (nSPS) is 20.0. The number of rotatable bonds is 7.